The van der Waals surface area contributed by atoms with Crippen LogP contribution in [0.15, 0.2) is 54.7 Å². The van der Waals surface area contributed by atoms with Crippen molar-refractivity contribution in [3.63, 3.8) is 0 Å². The molecule has 6 heteroatoms. The summed E-state index contributed by atoms with van der Waals surface area (Å²) in [7, 11) is 1.96. The summed E-state index contributed by atoms with van der Waals surface area (Å²) in [5.74, 6) is -0.129. The van der Waals surface area contributed by atoms with Gasteiger partial charge in [0.2, 0.25) is 0 Å². The molecule has 0 bridgehead atoms. The second kappa shape index (κ2) is 7.80. The molecule has 1 atom stereocenters. The number of rotatable bonds is 6. The lowest BCUT2D eigenvalue weighted by Gasteiger charge is -2.24. The van der Waals surface area contributed by atoms with Gasteiger partial charge < -0.3 is 14.8 Å². The third-order valence-electron chi connectivity index (χ3n) is 5.18. The number of hydrogen-bond donors (Lipinski definition) is 2. The van der Waals surface area contributed by atoms with E-state index in [-0.39, 0.29) is 11.9 Å². The number of nitrogens with zero attached hydrogens (tertiary/aromatic N) is 3. The number of H-pyrrole nitrogens is 1. The average molecular weight is 363 g/mol. The average Bonchev–Trinajstić information content (AvgIpc) is 3.43. The predicted octanol–water partition coefficient (Wildman–Crippen LogP) is 2.98. The highest BCUT2D eigenvalue weighted by Gasteiger charge is 2.22. The van der Waals surface area contributed by atoms with Crippen molar-refractivity contribution >= 4 is 5.91 Å². The minimum absolute atomic E-state index is 0.0430. The zero-order chi connectivity index (χ0) is 18.6. The van der Waals surface area contributed by atoms with Crippen LogP contribution in [0.5, 0.6) is 0 Å². The third kappa shape index (κ3) is 3.95. The van der Waals surface area contributed by atoms with E-state index in [0.29, 0.717) is 5.69 Å². The van der Waals surface area contributed by atoms with E-state index in [2.05, 4.69) is 32.5 Å². The molecule has 3 aromatic rings. The minimum Gasteiger partial charge on any atom is -0.349 e. The normalized spacial score (nSPS) is 15.7. The van der Waals surface area contributed by atoms with Crippen molar-refractivity contribution in [2.75, 3.05) is 19.6 Å². The Morgan fingerprint density at radius 3 is 2.67 bits per heavy atom. The number of carbonyl (C=O) groups is 1. The van der Waals surface area contributed by atoms with E-state index in [1.54, 1.807) is 0 Å². The summed E-state index contributed by atoms with van der Waals surface area (Å²) < 4.78 is 1.98. The van der Waals surface area contributed by atoms with Gasteiger partial charge >= 0.3 is 0 Å². The lowest BCUT2D eigenvalue weighted by molar-refractivity contribution is 0.0922. The van der Waals surface area contributed by atoms with E-state index in [0.717, 1.165) is 36.6 Å². The highest BCUT2D eigenvalue weighted by Crippen LogP contribution is 2.20. The summed E-state index contributed by atoms with van der Waals surface area (Å²) in [6.45, 7) is 3.02. The molecule has 6 nitrogen and oxygen atoms in total. The summed E-state index contributed by atoms with van der Waals surface area (Å²) in [4.78, 5) is 15.3. The number of carbonyl (C=O) groups excluding carboxylic acids is 1. The van der Waals surface area contributed by atoms with Crippen LogP contribution in [0, 0.1) is 0 Å². The molecule has 0 radical (unpaired) electrons. The van der Waals surface area contributed by atoms with Gasteiger partial charge in [-0.05, 0) is 49.7 Å². The van der Waals surface area contributed by atoms with Crippen molar-refractivity contribution in [3.05, 3.63) is 66.0 Å². The predicted molar refractivity (Wildman–Crippen MR) is 105 cm³/mol. The molecule has 3 heterocycles. The van der Waals surface area contributed by atoms with Crippen LogP contribution in [0.25, 0.3) is 11.4 Å². The van der Waals surface area contributed by atoms with Gasteiger partial charge in [-0.1, -0.05) is 30.3 Å². The number of benzene rings is 1. The number of aryl methyl sites for hydroxylation is 1. The molecule has 1 aliphatic heterocycles. The molecule has 0 saturated carbocycles. The van der Waals surface area contributed by atoms with Gasteiger partial charge in [0.1, 0.15) is 11.4 Å². The second-order valence-electron chi connectivity index (χ2n) is 7.12. The van der Waals surface area contributed by atoms with E-state index in [4.69, 9.17) is 0 Å². The quantitative estimate of drug-likeness (QED) is 0.708. The van der Waals surface area contributed by atoms with E-state index in [1.165, 1.54) is 12.8 Å². The third-order valence-corrected chi connectivity index (χ3v) is 5.18. The molecule has 0 unspecified atom stereocenters. The van der Waals surface area contributed by atoms with Gasteiger partial charge in [0.25, 0.3) is 5.91 Å². The fourth-order valence-electron chi connectivity index (χ4n) is 3.68. The number of nitrogens with one attached hydrogen (secondary N) is 2. The van der Waals surface area contributed by atoms with Crippen LogP contribution in [0.2, 0.25) is 0 Å². The fraction of sp³-hybridized carbons (Fsp3) is 0.333. The van der Waals surface area contributed by atoms with Crippen LogP contribution >= 0.6 is 0 Å². The maximum absolute atomic E-state index is 12.9. The number of likely N-dealkylation sites (tertiary alicyclic amines) is 1. The second-order valence-corrected chi connectivity index (χ2v) is 7.12. The molecule has 1 aliphatic rings. The van der Waals surface area contributed by atoms with Crippen molar-refractivity contribution < 1.29 is 4.79 Å². The van der Waals surface area contributed by atoms with Gasteiger partial charge in [-0.25, -0.2) is 0 Å². The van der Waals surface area contributed by atoms with Crippen LogP contribution in [-0.2, 0) is 7.05 Å². The lowest BCUT2D eigenvalue weighted by Crippen LogP contribution is -2.37. The lowest BCUT2D eigenvalue weighted by atomic mass is 10.1. The van der Waals surface area contributed by atoms with E-state index >= 15 is 0 Å². The highest BCUT2D eigenvalue weighted by atomic mass is 16.2. The van der Waals surface area contributed by atoms with Crippen LogP contribution in [0.3, 0.4) is 0 Å². The largest absolute Gasteiger partial charge is 0.349 e. The molecule has 0 aliphatic carbocycles. The number of amides is 1. The van der Waals surface area contributed by atoms with Crippen molar-refractivity contribution in [2.45, 2.75) is 18.9 Å². The molecule has 0 spiro atoms. The van der Waals surface area contributed by atoms with Gasteiger partial charge in [-0.3, -0.25) is 9.89 Å². The van der Waals surface area contributed by atoms with Gasteiger partial charge in [0, 0.05) is 19.8 Å². The van der Waals surface area contributed by atoms with Crippen molar-refractivity contribution in [3.8, 4) is 11.4 Å². The maximum Gasteiger partial charge on any atom is 0.269 e. The van der Waals surface area contributed by atoms with Crippen LogP contribution < -0.4 is 5.32 Å². The highest BCUT2D eigenvalue weighted by molar-refractivity contribution is 5.93. The number of aromatic amines is 1. The molecular weight excluding hydrogens is 338 g/mol. The molecule has 140 valence electrons. The molecule has 1 aromatic carbocycles. The van der Waals surface area contributed by atoms with Crippen molar-refractivity contribution in [1.29, 1.82) is 0 Å². The van der Waals surface area contributed by atoms with Crippen LogP contribution in [0.4, 0.5) is 0 Å². The fourth-order valence-corrected chi connectivity index (χ4v) is 3.68. The van der Waals surface area contributed by atoms with Gasteiger partial charge in [0.05, 0.1) is 11.7 Å². The van der Waals surface area contributed by atoms with Gasteiger partial charge in [0.15, 0.2) is 0 Å². The molecule has 27 heavy (non-hydrogen) atoms. The Morgan fingerprint density at radius 1 is 1.19 bits per heavy atom. The number of hydrogen-bond acceptors (Lipinski definition) is 3. The first-order valence-electron chi connectivity index (χ1n) is 9.46. The summed E-state index contributed by atoms with van der Waals surface area (Å²) >= 11 is 0. The Hall–Kier alpha value is -2.86. The first kappa shape index (κ1) is 17.5. The molecule has 1 amide bonds. The zero-order valence-electron chi connectivity index (χ0n) is 15.6. The van der Waals surface area contributed by atoms with Crippen molar-refractivity contribution in [2.24, 2.45) is 7.05 Å². The first-order chi connectivity index (χ1) is 13.2. The minimum atomic E-state index is -0.129. The molecule has 2 N–H and O–H groups in total. The van der Waals surface area contributed by atoms with Gasteiger partial charge in [-0.15, -0.1) is 0 Å². The first-order valence-corrected chi connectivity index (χ1v) is 9.46. The summed E-state index contributed by atoms with van der Waals surface area (Å²) in [6, 6.07) is 15.9. The van der Waals surface area contributed by atoms with Gasteiger partial charge in [-0.2, -0.15) is 5.10 Å². The Bertz CT molecular complexity index is 892. The summed E-state index contributed by atoms with van der Waals surface area (Å²) in [5, 5.41) is 10.4. The van der Waals surface area contributed by atoms with Crippen LogP contribution in [0.1, 0.15) is 34.9 Å². The Morgan fingerprint density at radius 2 is 1.96 bits per heavy atom. The monoisotopic (exact) mass is 363 g/mol. The number of aromatic nitrogens is 3. The summed E-state index contributed by atoms with van der Waals surface area (Å²) in [5.41, 5.74) is 3.35. The smallest absolute Gasteiger partial charge is 0.269 e. The Labute approximate surface area is 159 Å². The Kier molecular flexibility index (Phi) is 5.07. The standard InChI is InChI=1S/C21H25N5O/c1-25-11-7-10-20(25)17-14-18(24-23-17)21(27)22-19(15-26-12-5-6-13-26)16-8-3-2-4-9-16/h2-4,7-11,14,19H,5-6,12-13,15H2,1H3,(H,22,27)(H,23,24)/t19-/m1/s1. The summed E-state index contributed by atoms with van der Waals surface area (Å²) in [6.07, 6.45) is 4.43. The van der Waals surface area contributed by atoms with E-state index < -0.39 is 0 Å². The molecular formula is C21H25N5O. The molecule has 2 aromatic heterocycles. The zero-order valence-corrected chi connectivity index (χ0v) is 15.6. The molecule has 1 saturated heterocycles. The topological polar surface area (TPSA) is 66.0 Å². The SMILES string of the molecule is Cn1cccc1-c1cc(C(=O)N[C@H](CN2CCCC2)c2ccccc2)[nH]n1. The van der Waals surface area contributed by atoms with Crippen molar-refractivity contribution in [1.82, 2.24) is 25.0 Å². The molecule has 4 rings (SSSR count). The van der Waals surface area contributed by atoms with Crippen LogP contribution in [-0.4, -0.2) is 45.2 Å². The van der Waals surface area contributed by atoms with E-state index in [9.17, 15) is 4.79 Å². The van der Waals surface area contributed by atoms with E-state index in [1.807, 2.05) is 54.2 Å². The Balaban J connectivity index is 1.51. The maximum atomic E-state index is 12.9. The molecule has 1 fully saturated rings.